The Morgan fingerprint density at radius 3 is 3.25 bits per heavy atom. The van der Waals surface area contributed by atoms with Crippen LogP contribution in [0.3, 0.4) is 0 Å². The van der Waals surface area contributed by atoms with E-state index in [1.807, 2.05) is 17.5 Å². The van der Waals surface area contributed by atoms with Gasteiger partial charge in [-0.15, -0.1) is 11.3 Å². The zero-order valence-corrected chi connectivity index (χ0v) is 12.4. The molecule has 1 amide bonds. The molecular weight excluding hydrogens is 276 g/mol. The molecule has 1 aromatic heterocycles. The maximum atomic E-state index is 11.8. The minimum Gasteiger partial charge on any atom is -0.379 e. The van der Waals surface area contributed by atoms with Crippen LogP contribution in [0.25, 0.3) is 0 Å². The Balaban J connectivity index is 1.51. The summed E-state index contributed by atoms with van der Waals surface area (Å²) in [6.07, 6.45) is 3.27. The van der Waals surface area contributed by atoms with Crippen molar-refractivity contribution in [2.75, 3.05) is 26.4 Å². The molecule has 0 bridgehead atoms. The first-order valence-corrected chi connectivity index (χ1v) is 7.91. The Labute approximate surface area is 123 Å². The number of ether oxygens (including phenoxy) is 2. The van der Waals surface area contributed by atoms with Gasteiger partial charge in [0.05, 0.1) is 12.7 Å². The first-order chi connectivity index (χ1) is 9.77. The number of hydrogen-bond donors (Lipinski definition) is 2. The number of amides is 1. The van der Waals surface area contributed by atoms with E-state index in [9.17, 15) is 4.79 Å². The second kappa shape index (κ2) is 8.36. The van der Waals surface area contributed by atoms with Crippen LogP contribution in [-0.4, -0.2) is 38.4 Å². The van der Waals surface area contributed by atoms with Crippen molar-refractivity contribution in [2.45, 2.75) is 31.4 Å². The molecule has 1 aliphatic rings. The molecule has 1 aromatic rings. The quantitative estimate of drug-likeness (QED) is 0.712. The van der Waals surface area contributed by atoms with Crippen molar-refractivity contribution >= 4 is 17.2 Å². The topological polar surface area (TPSA) is 73.6 Å². The molecule has 20 heavy (non-hydrogen) atoms. The van der Waals surface area contributed by atoms with Crippen molar-refractivity contribution in [1.82, 2.24) is 5.32 Å². The summed E-state index contributed by atoms with van der Waals surface area (Å²) in [6.45, 7) is 2.73. The number of carbonyl (C=O) groups excluding carboxylic acids is 1. The van der Waals surface area contributed by atoms with E-state index in [4.69, 9.17) is 15.2 Å². The molecule has 0 aromatic carbocycles. The summed E-state index contributed by atoms with van der Waals surface area (Å²) >= 11 is 1.50. The molecule has 2 atom stereocenters. The van der Waals surface area contributed by atoms with Crippen LogP contribution < -0.4 is 11.1 Å². The second-order valence-corrected chi connectivity index (χ2v) is 5.83. The highest BCUT2D eigenvalue weighted by molar-refractivity contribution is 7.10. The zero-order valence-electron chi connectivity index (χ0n) is 11.5. The van der Waals surface area contributed by atoms with E-state index in [2.05, 4.69) is 5.32 Å². The molecule has 0 aliphatic carbocycles. The molecule has 3 N–H and O–H groups in total. The highest BCUT2D eigenvalue weighted by atomic mass is 32.1. The minimum atomic E-state index is -0.567. The largest absolute Gasteiger partial charge is 0.379 e. The van der Waals surface area contributed by atoms with Crippen LogP contribution in [-0.2, 0) is 14.3 Å². The molecule has 5 nitrogen and oxygen atoms in total. The summed E-state index contributed by atoms with van der Waals surface area (Å²) < 4.78 is 11.0. The Hall–Kier alpha value is -0.950. The Morgan fingerprint density at radius 1 is 1.65 bits per heavy atom. The summed E-state index contributed by atoms with van der Waals surface area (Å²) in [5.41, 5.74) is 5.86. The van der Waals surface area contributed by atoms with E-state index in [1.165, 1.54) is 11.3 Å². The fourth-order valence-electron chi connectivity index (χ4n) is 2.08. The van der Waals surface area contributed by atoms with Crippen molar-refractivity contribution in [1.29, 1.82) is 0 Å². The smallest absolute Gasteiger partial charge is 0.242 e. The number of carbonyl (C=O) groups is 1. The van der Waals surface area contributed by atoms with E-state index in [0.717, 1.165) is 30.7 Å². The molecule has 112 valence electrons. The monoisotopic (exact) mass is 298 g/mol. The molecule has 1 saturated heterocycles. The number of nitrogens with two attached hydrogens (primary N) is 1. The van der Waals surface area contributed by atoms with E-state index in [1.54, 1.807) is 0 Å². The predicted octanol–water partition coefficient (Wildman–Crippen LogP) is 1.45. The normalized spacial score (nSPS) is 19.9. The number of hydrogen-bond acceptors (Lipinski definition) is 5. The lowest BCUT2D eigenvalue weighted by Gasteiger charge is -2.12. The Kier molecular flexibility index (Phi) is 6.46. The van der Waals surface area contributed by atoms with Crippen molar-refractivity contribution in [3.05, 3.63) is 22.4 Å². The molecular formula is C14H22N2O3S. The summed E-state index contributed by atoms with van der Waals surface area (Å²) in [5, 5.41) is 4.75. The fourth-order valence-corrected chi connectivity index (χ4v) is 2.81. The van der Waals surface area contributed by atoms with Crippen molar-refractivity contribution < 1.29 is 14.3 Å². The van der Waals surface area contributed by atoms with Gasteiger partial charge in [-0.1, -0.05) is 6.07 Å². The van der Waals surface area contributed by atoms with Gasteiger partial charge >= 0.3 is 0 Å². The van der Waals surface area contributed by atoms with Crippen molar-refractivity contribution in [3.8, 4) is 0 Å². The Bertz CT molecular complexity index is 391. The summed E-state index contributed by atoms with van der Waals surface area (Å²) in [5.74, 6) is -0.133. The molecule has 2 unspecified atom stereocenters. The molecule has 1 aliphatic heterocycles. The van der Waals surface area contributed by atoms with E-state index in [-0.39, 0.29) is 12.0 Å². The molecule has 0 radical (unpaired) electrons. The first kappa shape index (κ1) is 15.4. The van der Waals surface area contributed by atoms with Gasteiger partial charge in [0.2, 0.25) is 5.91 Å². The van der Waals surface area contributed by atoms with Crippen LogP contribution in [0, 0.1) is 0 Å². The van der Waals surface area contributed by atoms with Crippen LogP contribution in [0.2, 0.25) is 0 Å². The Morgan fingerprint density at radius 2 is 2.55 bits per heavy atom. The van der Waals surface area contributed by atoms with E-state index in [0.29, 0.717) is 19.8 Å². The lowest BCUT2D eigenvalue weighted by molar-refractivity contribution is -0.122. The standard InChI is InChI=1S/C14H22N2O3S/c15-13(12-5-2-9-20-12)14(17)16-6-3-7-18-10-11-4-1-8-19-11/h2,5,9,11,13H,1,3-4,6-8,10,15H2,(H,16,17). The van der Waals surface area contributed by atoms with Crippen LogP contribution in [0.1, 0.15) is 30.2 Å². The maximum absolute atomic E-state index is 11.8. The van der Waals surface area contributed by atoms with Gasteiger partial charge in [-0.2, -0.15) is 0 Å². The van der Waals surface area contributed by atoms with Crippen LogP contribution >= 0.6 is 11.3 Å². The molecule has 2 rings (SSSR count). The van der Waals surface area contributed by atoms with Crippen molar-refractivity contribution in [2.24, 2.45) is 5.73 Å². The van der Waals surface area contributed by atoms with Gasteiger partial charge in [-0.3, -0.25) is 4.79 Å². The highest BCUT2D eigenvalue weighted by Gasteiger charge is 2.16. The SMILES string of the molecule is NC(C(=O)NCCCOCC1CCCO1)c1cccs1. The third kappa shape index (κ3) is 4.86. The average molecular weight is 298 g/mol. The highest BCUT2D eigenvalue weighted by Crippen LogP contribution is 2.16. The van der Waals surface area contributed by atoms with Gasteiger partial charge in [-0.05, 0) is 30.7 Å². The molecule has 1 fully saturated rings. The third-order valence-electron chi connectivity index (χ3n) is 3.22. The van der Waals surface area contributed by atoms with Gasteiger partial charge in [-0.25, -0.2) is 0 Å². The lowest BCUT2D eigenvalue weighted by Crippen LogP contribution is -2.34. The minimum absolute atomic E-state index is 0.133. The van der Waals surface area contributed by atoms with Gasteiger partial charge < -0.3 is 20.5 Å². The summed E-state index contributed by atoms with van der Waals surface area (Å²) in [7, 11) is 0. The molecule has 0 saturated carbocycles. The van der Waals surface area contributed by atoms with Crippen LogP contribution in [0.5, 0.6) is 0 Å². The van der Waals surface area contributed by atoms with Gasteiger partial charge in [0.1, 0.15) is 6.04 Å². The second-order valence-electron chi connectivity index (χ2n) is 4.85. The molecule has 0 spiro atoms. The summed E-state index contributed by atoms with van der Waals surface area (Å²) in [4.78, 5) is 12.7. The first-order valence-electron chi connectivity index (χ1n) is 7.03. The molecule has 2 heterocycles. The van der Waals surface area contributed by atoms with Gasteiger partial charge in [0.25, 0.3) is 0 Å². The van der Waals surface area contributed by atoms with Crippen LogP contribution in [0.15, 0.2) is 17.5 Å². The van der Waals surface area contributed by atoms with Gasteiger partial charge in [0.15, 0.2) is 0 Å². The third-order valence-corrected chi connectivity index (χ3v) is 4.18. The fraction of sp³-hybridized carbons (Fsp3) is 0.643. The lowest BCUT2D eigenvalue weighted by atomic mass is 10.2. The van der Waals surface area contributed by atoms with E-state index < -0.39 is 6.04 Å². The van der Waals surface area contributed by atoms with E-state index >= 15 is 0 Å². The maximum Gasteiger partial charge on any atom is 0.242 e. The zero-order chi connectivity index (χ0) is 14.2. The number of thiophene rings is 1. The molecule has 6 heteroatoms. The average Bonchev–Trinajstić information content (AvgIpc) is 3.13. The summed E-state index contributed by atoms with van der Waals surface area (Å²) in [6, 6.07) is 3.20. The van der Waals surface area contributed by atoms with Gasteiger partial charge in [0, 0.05) is 24.6 Å². The number of rotatable bonds is 8. The number of nitrogens with one attached hydrogen (secondary N) is 1. The van der Waals surface area contributed by atoms with Crippen molar-refractivity contribution in [3.63, 3.8) is 0 Å². The predicted molar refractivity (Wildman–Crippen MR) is 78.7 cm³/mol. The van der Waals surface area contributed by atoms with Crippen LogP contribution in [0.4, 0.5) is 0 Å².